The van der Waals surface area contributed by atoms with Crippen LogP contribution >= 0.6 is 11.3 Å². The lowest BCUT2D eigenvalue weighted by molar-refractivity contribution is -0.0753. The predicted molar refractivity (Wildman–Crippen MR) is 50.0 cm³/mol. The fourth-order valence-electron chi connectivity index (χ4n) is 0.776. The van der Waals surface area contributed by atoms with Crippen molar-refractivity contribution < 1.29 is 14.4 Å². The van der Waals surface area contributed by atoms with Gasteiger partial charge in [0.05, 0.1) is 19.1 Å². The van der Waals surface area contributed by atoms with E-state index in [9.17, 15) is 4.79 Å². The highest BCUT2D eigenvalue weighted by Gasteiger charge is 2.13. The molecule has 0 spiro atoms. The molecule has 5 heteroatoms. The van der Waals surface area contributed by atoms with Crippen molar-refractivity contribution in [2.75, 3.05) is 21.3 Å². The first-order valence-corrected chi connectivity index (χ1v) is 4.51. The van der Waals surface area contributed by atoms with E-state index >= 15 is 0 Å². The summed E-state index contributed by atoms with van der Waals surface area (Å²) < 4.78 is 4.96. The molecular weight excluding hydrogens is 190 g/mol. The molecule has 0 unspecified atom stereocenters. The third-order valence-electron chi connectivity index (χ3n) is 1.58. The zero-order valence-electron chi connectivity index (χ0n) is 7.73. The summed E-state index contributed by atoms with van der Waals surface area (Å²) in [5, 5.41) is 2.95. The van der Waals surface area contributed by atoms with Crippen LogP contribution in [0.15, 0.2) is 11.4 Å². The zero-order valence-corrected chi connectivity index (χ0v) is 8.55. The Morgan fingerprint density at radius 1 is 1.54 bits per heavy atom. The maximum absolute atomic E-state index is 11.5. The van der Waals surface area contributed by atoms with Crippen molar-refractivity contribution in [1.82, 2.24) is 5.06 Å². The Morgan fingerprint density at radius 3 is 2.69 bits per heavy atom. The standard InChI is InChI=1S/C8H11NO3S/c1-9(12-3)8(10)7-4-6(11-2)5-13-7/h4-5H,1-3H3. The van der Waals surface area contributed by atoms with Crippen LogP contribution in [0.3, 0.4) is 0 Å². The summed E-state index contributed by atoms with van der Waals surface area (Å²) in [6.07, 6.45) is 0. The van der Waals surface area contributed by atoms with Gasteiger partial charge in [-0.2, -0.15) is 0 Å². The van der Waals surface area contributed by atoms with Gasteiger partial charge in [0.1, 0.15) is 5.75 Å². The second-order valence-electron chi connectivity index (χ2n) is 2.34. The van der Waals surface area contributed by atoms with Crippen LogP contribution in [-0.2, 0) is 4.84 Å². The minimum absolute atomic E-state index is 0.171. The van der Waals surface area contributed by atoms with E-state index in [1.165, 1.54) is 23.5 Å². The first kappa shape index (κ1) is 10.0. The molecule has 1 amide bonds. The first-order valence-electron chi connectivity index (χ1n) is 3.63. The van der Waals surface area contributed by atoms with E-state index in [1.807, 2.05) is 0 Å². The number of carbonyl (C=O) groups is 1. The molecule has 1 aromatic heterocycles. The average Bonchev–Trinajstić information content (AvgIpc) is 2.63. The topological polar surface area (TPSA) is 38.8 Å². The highest BCUT2D eigenvalue weighted by molar-refractivity contribution is 7.12. The van der Waals surface area contributed by atoms with Gasteiger partial charge < -0.3 is 4.74 Å². The van der Waals surface area contributed by atoms with Gasteiger partial charge in [-0.3, -0.25) is 9.63 Å². The molecule has 0 aliphatic heterocycles. The lowest BCUT2D eigenvalue weighted by Gasteiger charge is -2.11. The maximum Gasteiger partial charge on any atom is 0.287 e. The second kappa shape index (κ2) is 4.25. The molecule has 1 rings (SSSR count). The van der Waals surface area contributed by atoms with Crippen LogP contribution in [0.5, 0.6) is 5.75 Å². The molecule has 13 heavy (non-hydrogen) atoms. The SMILES string of the molecule is COc1csc(C(=O)N(C)OC)c1. The van der Waals surface area contributed by atoms with Crippen LogP contribution in [0.25, 0.3) is 0 Å². The number of carbonyl (C=O) groups excluding carboxylic acids is 1. The number of rotatable bonds is 3. The van der Waals surface area contributed by atoms with Crippen molar-refractivity contribution in [1.29, 1.82) is 0 Å². The average molecular weight is 201 g/mol. The fraction of sp³-hybridized carbons (Fsp3) is 0.375. The summed E-state index contributed by atoms with van der Waals surface area (Å²) in [6, 6.07) is 1.68. The molecule has 0 aliphatic rings. The molecule has 1 aromatic rings. The molecule has 0 radical (unpaired) electrons. The Kier molecular flexibility index (Phi) is 3.27. The van der Waals surface area contributed by atoms with Crippen LogP contribution in [0.2, 0.25) is 0 Å². The van der Waals surface area contributed by atoms with Crippen molar-refractivity contribution in [3.8, 4) is 5.75 Å². The Hall–Kier alpha value is -1.07. The normalized spacial score (nSPS) is 9.77. The molecule has 0 saturated carbocycles. The Bertz CT molecular complexity index is 297. The van der Waals surface area contributed by atoms with Crippen LogP contribution < -0.4 is 4.74 Å². The van der Waals surface area contributed by atoms with Gasteiger partial charge in [-0.25, -0.2) is 5.06 Å². The molecule has 0 atom stereocenters. The minimum atomic E-state index is -0.171. The van der Waals surface area contributed by atoms with Gasteiger partial charge in [0.2, 0.25) is 0 Å². The molecule has 0 aliphatic carbocycles. The van der Waals surface area contributed by atoms with E-state index in [4.69, 9.17) is 9.57 Å². The zero-order chi connectivity index (χ0) is 9.84. The van der Waals surface area contributed by atoms with E-state index < -0.39 is 0 Å². The number of methoxy groups -OCH3 is 1. The fourth-order valence-corrected chi connectivity index (χ4v) is 1.60. The molecule has 0 fully saturated rings. The first-order chi connectivity index (χ1) is 6.19. The minimum Gasteiger partial charge on any atom is -0.496 e. The lowest BCUT2D eigenvalue weighted by atomic mass is 10.4. The third kappa shape index (κ3) is 2.19. The van der Waals surface area contributed by atoms with Crippen molar-refractivity contribution in [3.05, 3.63) is 16.3 Å². The summed E-state index contributed by atoms with van der Waals surface area (Å²) in [4.78, 5) is 16.8. The quantitative estimate of drug-likeness (QED) is 0.694. The number of nitrogens with zero attached hydrogens (tertiary/aromatic N) is 1. The van der Waals surface area contributed by atoms with Crippen molar-refractivity contribution in [3.63, 3.8) is 0 Å². The van der Waals surface area contributed by atoms with Crippen LogP contribution in [-0.4, -0.2) is 32.2 Å². The van der Waals surface area contributed by atoms with Gasteiger partial charge >= 0.3 is 0 Å². The number of ether oxygens (including phenoxy) is 1. The number of amides is 1. The molecule has 0 bridgehead atoms. The summed E-state index contributed by atoms with van der Waals surface area (Å²) in [5.41, 5.74) is 0. The highest BCUT2D eigenvalue weighted by Crippen LogP contribution is 2.21. The van der Waals surface area contributed by atoms with Gasteiger partial charge in [-0.1, -0.05) is 0 Å². The van der Waals surface area contributed by atoms with Crippen molar-refractivity contribution in [2.24, 2.45) is 0 Å². The third-order valence-corrected chi connectivity index (χ3v) is 2.48. The largest absolute Gasteiger partial charge is 0.496 e. The van der Waals surface area contributed by atoms with Gasteiger partial charge in [-0.05, 0) is 0 Å². The number of hydrogen-bond donors (Lipinski definition) is 0. The van der Waals surface area contributed by atoms with Crippen molar-refractivity contribution >= 4 is 17.2 Å². The van der Waals surface area contributed by atoms with E-state index in [0.717, 1.165) is 0 Å². The summed E-state index contributed by atoms with van der Waals surface area (Å²) in [6.45, 7) is 0. The smallest absolute Gasteiger partial charge is 0.287 e. The van der Waals surface area contributed by atoms with Gasteiger partial charge in [0.25, 0.3) is 5.91 Å². The van der Waals surface area contributed by atoms with E-state index in [0.29, 0.717) is 10.6 Å². The molecule has 1 heterocycles. The van der Waals surface area contributed by atoms with Crippen LogP contribution in [0, 0.1) is 0 Å². The number of hydrogen-bond acceptors (Lipinski definition) is 4. The van der Waals surface area contributed by atoms with E-state index in [-0.39, 0.29) is 5.91 Å². The van der Waals surface area contributed by atoms with Gasteiger partial charge in [0.15, 0.2) is 0 Å². The Balaban J connectivity index is 2.77. The second-order valence-corrected chi connectivity index (χ2v) is 3.25. The molecule has 0 saturated heterocycles. The summed E-state index contributed by atoms with van der Waals surface area (Å²) >= 11 is 1.33. The van der Waals surface area contributed by atoms with E-state index in [1.54, 1.807) is 25.6 Å². The predicted octanol–water partition coefficient (Wildman–Crippen LogP) is 1.39. The number of hydroxylamine groups is 2. The molecule has 0 aromatic carbocycles. The van der Waals surface area contributed by atoms with Crippen LogP contribution in [0.1, 0.15) is 9.67 Å². The Labute approximate surface area is 80.6 Å². The van der Waals surface area contributed by atoms with E-state index in [2.05, 4.69) is 0 Å². The monoisotopic (exact) mass is 201 g/mol. The van der Waals surface area contributed by atoms with Crippen LogP contribution in [0.4, 0.5) is 0 Å². The lowest BCUT2D eigenvalue weighted by Crippen LogP contribution is -2.24. The summed E-state index contributed by atoms with van der Waals surface area (Å²) in [7, 11) is 4.58. The maximum atomic E-state index is 11.5. The van der Waals surface area contributed by atoms with Crippen molar-refractivity contribution in [2.45, 2.75) is 0 Å². The molecule has 72 valence electrons. The Morgan fingerprint density at radius 2 is 2.23 bits per heavy atom. The summed E-state index contributed by atoms with van der Waals surface area (Å²) in [5.74, 6) is 0.522. The van der Waals surface area contributed by atoms with Gasteiger partial charge in [-0.15, -0.1) is 11.3 Å². The molecule has 0 N–H and O–H groups in total. The number of thiophene rings is 1. The highest BCUT2D eigenvalue weighted by atomic mass is 32.1. The molecule has 4 nitrogen and oxygen atoms in total. The molecular formula is C8H11NO3S. The van der Waals surface area contributed by atoms with Gasteiger partial charge in [0, 0.05) is 18.5 Å².